The molecule has 104 valence electrons. The second-order valence-corrected chi connectivity index (χ2v) is 5.34. The van der Waals surface area contributed by atoms with Crippen molar-refractivity contribution in [2.45, 2.75) is 6.54 Å². The molecule has 0 aromatic heterocycles. The van der Waals surface area contributed by atoms with E-state index in [-0.39, 0.29) is 5.69 Å². The van der Waals surface area contributed by atoms with E-state index in [2.05, 4.69) is 15.9 Å². The van der Waals surface area contributed by atoms with Gasteiger partial charge in [0.2, 0.25) is 0 Å². The van der Waals surface area contributed by atoms with E-state index in [0.29, 0.717) is 17.9 Å². The molecule has 0 aliphatic rings. The summed E-state index contributed by atoms with van der Waals surface area (Å²) in [7, 11) is 1.87. The molecule has 0 atom stereocenters. The summed E-state index contributed by atoms with van der Waals surface area (Å²) in [4.78, 5) is 12.3. The predicted molar refractivity (Wildman–Crippen MR) is 83.8 cm³/mol. The van der Waals surface area contributed by atoms with Gasteiger partial charge in [-0.15, -0.1) is 0 Å². The van der Waals surface area contributed by atoms with E-state index in [1.54, 1.807) is 6.07 Å². The van der Waals surface area contributed by atoms with Crippen LogP contribution < -0.4 is 10.6 Å². The minimum absolute atomic E-state index is 0.000947. The molecular weight excluding hydrogens is 322 g/mol. The fourth-order valence-electron chi connectivity index (χ4n) is 1.92. The van der Waals surface area contributed by atoms with Gasteiger partial charge in [-0.05, 0) is 17.7 Å². The Balaban J connectivity index is 2.27. The molecule has 0 saturated heterocycles. The highest BCUT2D eigenvalue weighted by atomic mass is 79.9. The number of anilines is 2. The molecule has 0 spiro atoms. The zero-order valence-corrected chi connectivity index (χ0v) is 12.5. The molecule has 0 fully saturated rings. The minimum Gasteiger partial charge on any atom is -0.398 e. The Morgan fingerprint density at radius 3 is 2.65 bits per heavy atom. The van der Waals surface area contributed by atoms with Crippen LogP contribution in [0.2, 0.25) is 0 Å². The lowest BCUT2D eigenvalue weighted by molar-refractivity contribution is -0.384. The molecule has 6 heteroatoms. The van der Waals surface area contributed by atoms with E-state index < -0.39 is 4.92 Å². The maximum atomic E-state index is 10.9. The van der Waals surface area contributed by atoms with Crippen LogP contribution in [0, 0.1) is 10.1 Å². The summed E-state index contributed by atoms with van der Waals surface area (Å²) in [6.07, 6.45) is 0. The number of hydrogen-bond donors (Lipinski definition) is 1. The third-order valence-electron chi connectivity index (χ3n) is 2.94. The molecule has 5 nitrogen and oxygen atoms in total. The van der Waals surface area contributed by atoms with Crippen molar-refractivity contribution < 1.29 is 4.92 Å². The zero-order valence-electron chi connectivity index (χ0n) is 10.9. The SMILES string of the molecule is CN(Cc1ccccc1Br)c1cc(N)cc([N+](=O)[O-])c1. The Bertz CT molecular complexity index is 646. The van der Waals surface area contributed by atoms with Crippen LogP contribution in [-0.4, -0.2) is 12.0 Å². The lowest BCUT2D eigenvalue weighted by Crippen LogP contribution is -2.17. The van der Waals surface area contributed by atoms with Gasteiger partial charge in [0.25, 0.3) is 5.69 Å². The predicted octanol–water partition coefficient (Wildman–Crippen LogP) is 3.58. The number of hydrogen-bond acceptors (Lipinski definition) is 4. The second kappa shape index (κ2) is 5.92. The third kappa shape index (κ3) is 3.27. The van der Waals surface area contributed by atoms with Gasteiger partial charge in [-0.3, -0.25) is 10.1 Å². The molecule has 2 N–H and O–H groups in total. The first-order valence-electron chi connectivity index (χ1n) is 5.97. The summed E-state index contributed by atoms with van der Waals surface area (Å²) >= 11 is 3.49. The van der Waals surface area contributed by atoms with E-state index >= 15 is 0 Å². The molecule has 0 unspecified atom stereocenters. The normalized spacial score (nSPS) is 10.3. The van der Waals surface area contributed by atoms with Crippen LogP contribution in [0.5, 0.6) is 0 Å². The number of benzene rings is 2. The number of nitro benzene ring substituents is 1. The highest BCUT2D eigenvalue weighted by molar-refractivity contribution is 9.10. The van der Waals surface area contributed by atoms with Gasteiger partial charge in [0, 0.05) is 41.6 Å². The van der Waals surface area contributed by atoms with Crippen molar-refractivity contribution in [3.05, 3.63) is 62.6 Å². The van der Waals surface area contributed by atoms with Gasteiger partial charge in [0.15, 0.2) is 0 Å². The summed E-state index contributed by atoms with van der Waals surface area (Å²) in [6, 6.07) is 12.5. The molecule has 2 aromatic rings. The maximum Gasteiger partial charge on any atom is 0.273 e. The lowest BCUT2D eigenvalue weighted by Gasteiger charge is -2.20. The van der Waals surface area contributed by atoms with Crippen molar-refractivity contribution >= 4 is 33.0 Å². The molecule has 0 bridgehead atoms. The van der Waals surface area contributed by atoms with Crippen molar-refractivity contribution in [1.29, 1.82) is 0 Å². The first-order valence-corrected chi connectivity index (χ1v) is 6.76. The second-order valence-electron chi connectivity index (χ2n) is 4.49. The number of nitrogens with zero attached hydrogens (tertiary/aromatic N) is 2. The molecule has 20 heavy (non-hydrogen) atoms. The standard InChI is InChI=1S/C14H14BrN3O2/c1-17(9-10-4-2-3-5-14(10)15)12-6-11(16)7-13(8-12)18(19)20/h2-8H,9,16H2,1H3. The number of non-ortho nitro benzene ring substituents is 1. The topological polar surface area (TPSA) is 72.4 Å². The van der Waals surface area contributed by atoms with Gasteiger partial charge in [0.05, 0.1) is 4.92 Å². The van der Waals surface area contributed by atoms with Crippen molar-refractivity contribution in [3.8, 4) is 0 Å². The third-order valence-corrected chi connectivity index (χ3v) is 3.72. The van der Waals surface area contributed by atoms with E-state index in [1.807, 2.05) is 36.2 Å². The molecule has 0 amide bonds. The Morgan fingerprint density at radius 2 is 2.00 bits per heavy atom. The average Bonchev–Trinajstić information content (AvgIpc) is 2.40. The van der Waals surface area contributed by atoms with Crippen molar-refractivity contribution in [2.24, 2.45) is 0 Å². The first-order chi connectivity index (χ1) is 9.47. The summed E-state index contributed by atoms with van der Waals surface area (Å²) in [6.45, 7) is 0.627. The number of nitrogen functional groups attached to an aromatic ring is 1. The number of nitro groups is 1. The van der Waals surface area contributed by atoms with Crippen LogP contribution in [0.3, 0.4) is 0 Å². The van der Waals surface area contributed by atoms with E-state index in [1.165, 1.54) is 12.1 Å². The van der Waals surface area contributed by atoms with E-state index in [0.717, 1.165) is 10.0 Å². The van der Waals surface area contributed by atoms with Crippen LogP contribution in [0.1, 0.15) is 5.56 Å². The van der Waals surface area contributed by atoms with Crippen LogP contribution in [0.4, 0.5) is 17.1 Å². The van der Waals surface area contributed by atoms with Crippen LogP contribution in [0.15, 0.2) is 46.9 Å². The van der Waals surface area contributed by atoms with Crippen molar-refractivity contribution in [3.63, 3.8) is 0 Å². The monoisotopic (exact) mass is 335 g/mol. The Labute approximate surface area is 125 Å². The molecule has 0 saturated carbocycles. The molecule has 2 aromatic carbocycles. The molecule has 0 radical (unpaired) electrons. The Morgan fingerprint density at radius 1 is 1.30 bits per heavy atom. The average molecular weight is 336 g/mol. The van der Waals surface area contributed by atoms with Crippen LogP contribution in [0.25, 0.3) is 0 Å². The van der Waals surface area contributed by atoms with Gasteiger partial charge in [-0.25, -0.2) is 0 Å². The molecule has 2 rings (SSSR count). The number of rotatable bonds is 4. The van der Waals surface area contributed by atoms with Crippen molar-refractivity contribution in [1.82, 2.24) is 0 Å². The molecule has 0 heterocycles. The largest absolute Gasteiger partial charge is 0.398 e. The van der Waals surface area contributed by atoms with Gasteiger partial charge >= 0.3 is 0 Å². The minimum atomic E-state index is -0.438. The Kier molecular flexibility index (Phi) is 4.24. The fraction of sp³-hybridized carbons (Fsp3) is 0.143. The highest BCUT2D eigenvalue weighted by Crippen LogP contribution is 2.27. The summed E-state index contributed by atoms with van der Waals surface area (Å²) in [5.74, 6) is 0. The lowest BCUT2D eigenvalue weighted by atomic mass is 10.2. The quantitative estimate of drug-likeness (QED) is 0.526. The number of halogens is 1. The van der Waals surface area contributed by atoms with Crippen LogP contribution in [-0.2, 0) is 6.54 Å². The summed E-state index contributed by atoms with van der Waals surface area (Å²) in [5, 5.41) is 10.9. The van der Waals surface area contributed by atoms with Crippen molar-refractivity contribution in [2.75, 3.05) is 17.7 Å². The number of nitrogens with two attached hydrogens (primary N) is 1. The Hall–Kier alpha value is -2.08. The maximum absolute atomic E-state index is 10.9. The van der Waals surface area contributed by atoms with Gasteiger partial charge in [0.1, 0.15) is 0 Å². The fourth-order valence-corrected chi connectivity index (χ4v) is 2.33. The molecule has 0 aliphatic carbocycles. The van der Waals surface area contributed by atoms with Gasteiger partial charge < -0.3 is 10.6 Å². The molecular formula is C14H14BrN3O2. The highest BCUT2D eigenvalue weighted by Gasteiger charge is 2.12. The van der Waals surface area contributed by atoms with Crippen LogP contribution >= 0.6 is 15.9 Å². The zero-order chi connectivity index (χ0) is 14.7. The smallest absolute Gasteiger partial charge is 0.273 e. The molecule has 0 aliphatic heterocycles. The van der Waals surface area contributed by atoms with Gasteiger partial charge in [-0.2, -0.15) is 0 Å². The van der Waals surface area contributed by atoms with E-state index in [4.69, 9.17) is 5.73 Å². The van der Waals surface area contributed by atoms with E-state index in [9.17, 15) is 10.1 Å². The summed E-state index contributed by atoms with van der Waals surface area (Å²) < 4.78 is 1.00. The summed E-state index contributed by atoms with van der Waals surface area (Å²) in [5.41, 5.74) is 7.91. The first kappa shape index (κ1) is 14.3. The van der Waals surface area contributed by atoms with Gasteiger partial charge in [-0.1, -0.05) is 34.1 Å².